The summed E-state index contributed by atoms with van der Waals surface area (Å²) >= 11 is 0. The van der Waals surface area contributed by atoms with Crippen molar-refractivity contribution in [1.29, 1.82) is 0 Å². The molecule has 0 radical (unpaired) electrons. The molecule has 1 aliphatic heterocycles. The van der Waals surface area contributed by atoms with Gasteiger partial charge in [-0.25, -0.2) is 4.98 Å². The SMILES string of the molecule is c1ccc(-c2nnc(-c3ccc4c(c3)C3(c5ccccc5Oc5ccccc53)c3ccccc3-4)nc2-c2ccccc2)cc1. The number of fused-ring (bicyclic) bond motifs is 9. The lowest BCUT2D eigenvalue weighted by molar-refractivity contribution is 0.436. The van der Waals surface area contributed by atoms with Crippen LogP contribution in [-0.2, 0) is 5.41 Å². The van der Waals surface area contributed by atoms with Crippen molar-refractivity contribution in [3.05, 3.63) is 174 Å². The lowest BCUT2D eigenvalue weighted by Crippen LogP contribution is -2.32. The number of para-hydroxylation sites is 2. The van der Waals surface area contributed by atoms with Crippen LogP contribution in [0.1, 0.15) is 22.3 Å². The van der Waals surface area contributed by atoms with Crippen LogP contribution < -0.4 is 4.74 Å². The van der Waals surface area contributed by atoms with Gasteiger partial charge < -0.3 is 4.74 Å². The Bertz CT molecular complexity index is 2160. The van der Waals surface area contributed by atoms with Crippen LogP contribution in [0.25, 0.3) is 45.0 Å². The van der Waals surface area contributed by atoms with E-state index in [0.717, 1.165) is 50.7 Å². The average Bonchev–Trinajstić information content (AvgIpc) is 3.39. The van der Waals surface area contributed by atoms with E-state index in [-0.39, 0.29) is 0 Å². The van der Waals surface area contributed by atoms with Crippen LogP contribution in [0.4, 0.5) is 0 Å². The highest BCUT2D eigenvalue weighted by atomic mass is 16.5. The molecule has 206 valence electrons. The fourth-order valence-electron chi connectivity index (χ4n) is 7.03. The lowest BCUT2D eigenvalue weighted by atomic mass is 9.66. The second-order valence-corrected chi connectivity index (χ2v) is 11.2. The molecule has 4 heteroatoms. The molecule has 2 heterocycles. The molecular formula is C40H25N3O. The Labute approximate surface area is 255 Å². The molecule has 44 heavy (non-hydrogen) atoms. The minimum atomic E-state index is -0.549. The van der Waals surface area contributed by atoms with Crippen LogP contribution in [-0.4, -0.2) is 15.2 Å². The van der Waals surface area contributed by atoms with E-state index >= 15 is 0 Å². The highest BCUT2D eigenvalue weighted by Gasteiger charge is 2.51. The Hall–Kier alpha value is -5.87. The summed E-state index contributed by atoms with van der Waals surface area (Å²) in [5.74, 6) is 2.33. The molecule has 2 aliphatic rings. The summed E-state index contributed by atoms with van der Waals surface area (Å²) in [6, 6.07) is 52.5. The van der Waals surface area contributed by atoms with Gasteiger partial charge in [-0.2, -0.15) is 0 Å². The van der Waals surface area contributed by atoms with E-state index in [1.165, 1.54) is 22.3 Å². The zero-order chi connectivity index (χ0) is 29.1. The molecule has 6 aromatic carbocycles. The smallest absolute Gasteiger partial charge is 0.182 e. The summed E-state index contributed by atoms with van der Waals surface area (Å²) in [5.41, 5.74) is 11.0. The molecule has 7 aromatic rings. The number of rotatable bonds is 3. The highest BCUT2D eigenvalue weighted by molar-refractivity contribution is 5.90. The molecular weight excluding hydrogens is 538 g/mol. The average molecular weight is 564 g/mol. The molecule has 0 amide bonds. The fraction of sp³-hybridized carbons (Fsp3) is 0.0250. The minimum absolute atomic E-state index is 0.549. The minimum Gasteiger partial charge on any atom is -0.457 e. The van der Waals surface area contributed by atoms with Gasteiger partial charge in [0, 0.05) is 27.8 Å². The second-order valence-electron chi connectivity index (χ2n) is 11.2. The summed E-state index contributed by atoms with van der Waals surface area (Å²) in [6.07, 6.45) is 0. The third-order valence-corrected chi connectivity index (χ3v) is 8.89. The van der Waals surface area contributed by atoms with Crippen molar-refractivity contribution in [3.63, 3.8) is 0 Å². The zero-order valence-electron chi connectivity index (χ0n) is 23.7. The molecule has 9 rings (SSSR count). The molecule has 0 fully saturated rings. The summed E-state index contributed by atoms with van der Waals surface area (Å²) in [4.78, 5) is 5.19. The number of benzene rings is 6. The van der Waals surface area contributed by atoms with Gasteiger partial charge in [0.25, 0.3) is 0 Å². The van der Waals surface area contributed by atoms with Gasteiger partial charge in [0.15, 0.2) is 5.82 Å². The molecule has 0 saturated carbocycles. The van der Waals surface area contributed by atoms with Gasteiger partial charge in [0.1, 0.15) is 22.9 Å². The first-order valence-electron chi connectivity index (χ1n) is 14.8. The van der Waals surface area contributed by atoms with Gasteiger partial charge in [-0.05, 0) is 40.5 Å². The first-order valence-corrected chi connectivity index (χ1v) is 14.8. The van der Waals surface area contributed by atoms with Gasteiger partial charge in [-0.15, -0.1) is 10.2 Å². The Kier molecular flexibility index (Phi) is 5.38. The van der Waals surface area contributed by atoms with E-state index in [1.54, 1.807) is 0 Å². The number of ether oxygens (including phenoxy) is 1. The first-order chi connectivity index (χ1) is 21.8. The van der Waals surface area contributed by atoms with Crippen LogP contribution in [0.2, 0.25) is 0 Å². The predicted molar refractivity (Wildman–Crippen MR) is 174 cm³/mol. The maximum absolute atomic E-state index is 6.49. The van der Waals surface area contributed by atoms with Gasteiger partial charge in [-0.3, -0.25) is 0 Å². The van der Waals surface area contributed by atoms with Crippen LogP contribution in [0.15, 0.2) is 152 Å². The topological polar surface area (TPSA) is 47.9 Å². The Morgan fingerprint density at radius 2 is 0.955 bits per heavy atom. The summed E-state index contributed by atoms with van der Waals surface area (Å²) in [5, 5.41) is 9.50. The van der Waals surface area contributed by atoms with Crippen molar-refractivity contribution in [2.75, 3.05) is 0 Å². The molecule has 0 atom stereocenters. The van der Waals surface area contributed by atoms with Crippen molar-refractivity contribution in [2.45, 2.75) is 5.41 Å². The molecule has 0 N–H and O–H groups in total. The largest absolute Gasteiger partial charge is 0.457 e. The van der Waals surface area contributed by atoms with E-state index < -0.39 is 5.41 Å². The van der Waals surface area contributed by atoms with E-state index in [9.17, 15) is 0 Å². The number of aromatic nitrogens is 3. The molecule has 4 nitrogen and oxygen atoms in total. The van der Waals surface area contributed by atoms with Gasteiger partial charge in [-0.1, -0.05) is 133 Å². The third-order valence-electron chi connectivity index (χ3n) is 8.89. The van der Waals surface area contributed by atoms with Crippen molar-refractivity contribution >= 4 is 0 Å². The number of hydrogen-bond acceptors (Lipinski definition) is 4. The zero-order valence-corrected chi connectivity index (χ0v) is 23.7. The molecule has 0 unspecified atom stereocenters. The van der Waals surface area contributed by atoms with E-state index in [1.807, 2.05) is 60.7 Å². The second kappa shape index (κ2) is 9.58. The Morgan fingerprint density at radius 3 is 1.64 bits per heavy atom. The van der Waals surface area contributed by atoms with Crippen molar-refractivity contribution in [3.8, 4) is 56.5 Å². The summed E-state index contributed by atoms with van der Waals surface area (Å²) in [7, 11) is 0. The van der Waals surface area contributed by atoms with Crippen LogP contribution in [0.3, 0.4) is 0 Å². The standard InChI is InChI=1S/C40H25N3O/c1-3-13-26(14-4-1)37-38(27-15-5-2-6-16-27)42-43-39(41-37)28-23-24-30-29-17-7-8-18-31(29)40(34(30)25-28)32-19-9-11-21-35(32)44-36-22-12-10-20-33(36)40/h1-25H. The monoisotopic (exact) mass is 563 g/mol. The van der Waals surface area contributed by atoms with E-state index in [2.05, 4.69) is 91.0 Å². The quantitative estimate of drug-likeness (QED) is 0.215. The summed E-state index contributed by atoms with van der Waals surface area (Å²) < 4.78 is 6.49. The Morgan fingerprint density at radius 1 is 0.409 bits per heavy atom. The van der Waals surface area contributed by atoms with Crippen molar-refractivity contribution < 1.29 is 4.74 Å². The molecule has 1 aliphatic carbocycles. The number of hydrogen-bond donors (Lipinski definition) is 0. The van der Waals surface area contributed by atoms with E-state index in [0.29, 0.717) is 5.82 Å². The molecule has 0 bridgehead atoms. The van der Waals surface area contributed by atoms with Gasteiger partial charge in [0.2, 0.25) is 0 Å². The van der Waals surface area contributed by atoms with Crippen molar-refractivity contribution in [2.24, 2.45) is 0 Å². The predicted octanol–water partition coefficient (Wildman–Crippen LogP) is 9.34. The van der Waals surface area contributed by atoms with Crippen molar-refractivity contribution in [1.82, 2.24) is 15.2 Å². The highest BCUT2D eigenvalue weighted by Crippen LogP contribution is 2.62. The molecule has 1 aromatic heterocycles. The van der Waals surface area contributed by atoms with E-state index in [4.69, 9.17) is 19.9 Å². The van der Waals surface area contributed by atoms with Crippen LogP contribution in [0.5, 0.6) is 11.5 Å². The first kappa shape index (κ1) is 24.7. The molecule has 1 spiro atoms. The maximum Gasteiger partial charge on any atom is 0.182 e. The lowest BCUT2D eigenvalue weighted by Gasteiger charge is -2.39. The van der Waals surface area contributed by atoms with Gasteiger partial charge in [0.05, 0.1) is 5.41 Å². The fourth-order valence-corrected chi connectivity index (χ4v) is 7.03. The third kappa shape index (κ3) is 3.48. The normalized spacial score (nSPS) is 13.4. The molecule has 0 saturated heterocycles. The van der Waals surface area contributed by atoms with Crippen LogP contribution >= 0.6 is 0 Å². The maximum atomic E-state index is 6.49. The Balaban J connectivity index is 1.31. The van der Waals surface area contributed by atoms with Gasteiger partial charge >= 0.3 is 0 Å². The summed E-state index contributed by atoms with van der Waals surface area (Å²) in [6.45, 7) is 0. The number of nitrogens with zero attached hydrogens (tertiary/aromatic N) is 3. The van der Waals surface area contributed by atoms with Crippen LogP contribution in [0, 0.1) is 0 Å².